The maximum Gasteiger partial charge on any atom is 0.420 e. The summed E-state index contributed by atoms with van der Waals surface area (Å²) in [6, 6.07) is 3.95. The van der Waals surface area contributed by atoms with Gasteiger partial charge in [0.25, 0.3) is 0 Å². The number of hydrogen-bond donors (Lipinski definition) is 0. The normalized spacial score (nSPS) is 12.1. The second kappa shape index (κ2) is 6.00. The number of nitriles is 1. The van der Waals surface area contributed by atoms with E-state index in [9.17, 15) is 26.3 Å². The molecule has 0 unspecified atom stereocenters. The van der Waals surface area contributed by atoms with Gasteiger partial charge < -0.3 is 9.47 Å². The molecule has 0 heterocycles. The van der Waals surface area contributed by atoms with Crippen LogP contribution in [0.2, 0.25) is 0 Å². The van der Waals surface area contributed by atoms with Gasteiger partial charge in [-0.05, 0) is 18.2 Å². The van der Waals surface area contributed by atoms with Gasteiger partial charge in [0.05, 0.1) is 17.2 Å². The fraction of sp³-hybridized carbons (Fsp3) is 0.364. The minimum Gasteiger partial charge on any atom is -0.467 e. The fourth-order valence-corrected chi connectivity index (χ4v) is 1.21. The maximum atomic E-state index is 12.7. The zero-order valence-corrected chi connectivity index (χ0v) is 9.68. The van der Waals surface area contributed by atoms with Crippen molar-refractivity contribution in [1.82, 2.24) is 0 Å². The van der Waals surface area contributed by atoms with Crippen molar-refractivity contribution in [3.05, 3.63) is 29.3 Å². The van der Waals surface area contributed by atoms with Gasteiger partial charge in [-0.15, -0.1) is 0 Å². The van der Waals surface area contributed by atoms with Gasteiger partial charge in [0.15, 0.2) is 6.79 Å². The molecule has 1 aromatic rings. The first-order valence-corrected chi connectivity index (χ1v) is 5.02. The van der Waals surface area contributed by atoms with E-state index < -0.39 is 37.1 Å². The molecule has 0 aliphatic rings. The largest absolute Gasteiger partial charge is 0.467 e. The van der Waals surface area contributed by atoms with E-state index in [4.69, 9.17) is 5.26 Å². The summed E-state index contributed by atoms with van der Waals surface area (Å²) in [6.07, 6.45) is -9.40. The van der Waals surface area contributed by atoms with Crippen molar-refractivity contribution in [1.29, 1.82) is 5.26 Å². The van der Waals surface area contributed by atoms with E-state index in [1.165, 1.54) is 6.07 Å². The highest BCUT2D eigenvalue weighted by molar-refractivity contribution is 5.43. The van der Waals surface area contributed by atoms with E-state index in [1.807, 2.05) is 0 Å². The molecular formula is C11H7F6NO2. The van der Waals surface area contributed by atoms with Gasteiger partial charge in [0.1, 0.15) is 12.4 Å². The Balaban J connectivity index is 2.78. The van der Waals surface area contributed by atoms with Crippen LogP contribution in [0.15, 0.2) is 18.2 Å². The minimum atomic E-state index is -4.80. The number of alkyl halides is 6. The van der Waals surface area contributed by atoms with Crippen molar-refractivity contribution in [2.24, 2.45) is 0 Å². The van der Waals surface area contributed by atoms with E-state index in [2.05, 4.69) is 9.47 Å². The number of benzene rings is 1. The Hall–Kier alpha value is -1.95. The molecule has 0 aromatic heterocycles. The first-order chi connectivity index (χ1) is 9.13. The molecule has 0 bridgehead atoms. The molecule has 0 aliphatic heterocycles. The Morgan fingerprint density at radius 3 is 2.25 bits per heavy atom. The molecule has 3 nitrogen and oxygen atoms in total. The predicted octanol–water partition coefficient (Wildman–Crippen LogP) is 3.49. The highest BCUT2D eigenvalue weighted by Gasteiger charge is 2.35. The summed E-state index contributed by atoms with van der Waals surface area (Å²) in [6.45, 7) is -2.63. The van der Waals surface area contributed by atoms with Crippen LogP contribution in [-0.2, 0) is 10.9 Å². The quantitative estimate of drug-likeness (QED) is 0.485. The third kappa shape index (κ3) is 4.97. The molecule has 0 radical (unpaired) electrons. The lowest BCUT2D eigenvalue weighted by Crippen LogP contribution is -2.19. The number of hydrogen-bond acceptors (Lipinski definition) is 3. The van der Waals surface area contributed by atoms with Crippen LogP contribution >= 0.6 is 0 Å². The van der Waals surface area contributed by atoms with E-state index in [-0.39, 0.29) is 5.56 Å². The van der Waals surface area contributed by atoms with Crippen molar-refractivity contribution in [3.8, 4) is 11.8 Å². The molecule has 0 saturated carbocycles. The lowest BCUT2D eigenvalue weighted by molar-refractivity contribution is -0.187. The van der Waals surface area contributed by atoms with Gasteiger partial charge in [-0.25, -0.2) is 0 Å². The molecule has 1 aromatic carbocycles. The molecule has 0 aliphatic carbocycles. The Bertz CT molecular complexity index is 503. The van der Waals surface area contributed by atoms with Crippen LogP contribution in [0.5, 0.6) is 5.75 Å². The summed E-state index contributed by atoms with van der Waals surface area (Å²) in [5.74, 6) is -0.710. The third-order valence-corrected chi connectivity index (χ3v) is 1.98. The summed E-state index contributed by atoms with van der Waals surface area (Å²) < 4.78 is 81.8. The Morgan fingerprint density at radius 1 is 1.10 bits per heavy atom. The first kappa shape index (κ1) is 16.1. The molecule has 0 amide bonds. The molecular weight excluding hydrogens is 292 g/mol. The fourth-order valence-electron chi connectivity index (χ4n) is 1.21. The Kier molecular flexibility index (Phi) is 4.83. The maximum absolute atomic E-state index is 12.7. The summed E-state index contributed by atoms with van der Waals surface area (Å²) >= 11 is 0. The summed E-state index contributed by atoms with van der Waals surface area (Å²) in [7, 11) is 0. The van der Waals surface area contributed by atoms with Crippen molar-refractivity contribution in [2.75, 3.05) is 13.4 Å². The zero-order valence-electron chi connectivity index (χ0n) is 9.68. The molecule has 0 spiro atoms. The van der Waals surface area contributed by atoms with Crippen molar-refractivity contribution < 1.29 is 35.8 Å². The van der Waals surface area contributed by atoms with Gasteiger partial charge in [-0.2, -0.15) is 31.6 Å². The van der Waals surface area contributed by atoms with Crippen LogP contribution in [0.4, 0.5) is 26.3 Å². The molecule has 0 N–H and O–H groups in total. The lowest BCUT2D eigenvalue weighted by atomic mass is 10.1. The highest BCUT2D eigenvalue weighted by atomic mass is 19.4. The van der Waals surface area contributed by atoms with E-state index >= 15 is 0 Å². The SMILES string of the molecule is N#Cc1ccc(OCOCC(F)(F)F)c(C(F)(F)F)c1. The second-order valence-corrected chi connectivity index (χ2v) is 3.55. The van der Waals surface area contributed by atoms with E-state index in [1.54, 1.807) is 0 Å². The van der Waals surface area contributed by atoms with Crippen molar-refractivity contribution in [3.63, 3.8) is 0 Å². The van der Waals surface area contributed by atoms with E-state index in [0.717, 1.165) is 12.1 Å². The van der Waals surface area contributed by atoms with Crippen molar-refractivity contribution >= 4 is 0 Å². The van der Waals surface area contributed by atoms with Crippen LogP contribution in [-0.4, -0.2) is 19.6 Å². The smallest absolute Gasteiger partial charge is 0.420 e. The molecule has 110 valence electrons. The Labute approximate surface area is 109 Å². The molecule has 9 heteroatoms. The summed E-state index contributed by atoms with van der Waals surface area (Å²) in [5.41, 5.74) is -1.51. The highest BCUT2D eigenvalue weighted by Crippen LogP contribution is 2.36. The molecule has 0 atom stereocenters. The van der Waals surface area contributed by atoms with Gasteiger partial charge in [0.2, 0.25) is 0 Å². The average Bonchev–Trinajstić information content (AvgIpc) is 2.32. The van der Waals surface area contributed by atoms with Crippen LogP contribution < -0.4 is 4.74 Å². The number of ether oxygens (including phenoxy) is 2. The number of halogens is 6. The molecule has 20 heavy (non-hydrogen) atoms. The monoisotopic (exact) mass is 299 g/mol. The zero-order chi connectivity index (χ0) is 15.4. The van der Waals surface area contributed by atoms with Gasteiger partial charge in [0, 0.05) is 0 Å². The number of rotatable bonds is 4. The van der Waals surface area contributed by atoms with Crippen LogP contribution in [0.25, 0.3) is 0 Å². The standard InChI is InChI=1S/C11H7F6NO2/c12-10(13,14)5-19-6-20-9-2-1-7(4-18)3-8(9)11(15,16)17/h1-3H,5-6H2. The summed E-state index contributed by atoms with van der Waals surface area (Å²) in [4.78, 5) is 0. The van der Waals surface area contributed by atoms with Gasteiger partial charge >= 0.3 is 12.4 Å². The molecule has 0 fully saturated rings. The van der Waals surface area contributed by atoms with Gasteiger partial charge in [-0.3, -0.25) is 0 Å². The predicted molar refractivity (Wildman–Crippen MR) is 53.7 cm³/mol. The van der Waals surface area contributed by atoms with E-state index in [0.29, 0.717) is 6.07 Å². The third-order valence-electron chi connectivity index (χ3n) is 1.98. The number of nitrogens with zero attached hydrogens (tertiary/aromatic N) is 1. The topological polar surface area (TPSA) is 42.2 Å². The van der Waals surface area contributed by atoms with Crippen molar-refractivity contribution in [2.45, 2.75) is 12.4 Å². The van der Waals surface area contributed by atoms with Crippen LogP contribution in [0, 0.1) is 11.3 Å². The van der Waals surface area contributed by atoms with Crippen LogP contribution in [0.1, 0.15) is 11.1 Å². The Morgan fingerprint density at radius 2 is 1.75 bits per heavy atom. The second-order valence-electron chi connectivity index (χ2n) is 3.55. The lowest BCUT2D eigenvalue weighted by Gasteiger charge is -2.14. The van der Waals surface area contributed by atoms with Gasteiger partial charge in [-0.1, -0.05) is 0 Å². The molecule has 0 saturated heterocycles. The average molecular weight is 299 g/mol. The first-order valence-electron chi connectivity index (χ1n) is 5.02. The minimum absolute atomic E-state index is 0.249. The molecule has 1 rings (SSSR count). The van der Waals surface area contributed by atoms with Crippen LogP contribution in [0.3, 0.4) is 0 Å². The summed E-state index contributed by atoms with van der Waals surface area (Å²) in [5, 5.41) is 8.51.